The van der Waals surface area contributed by atoms with Gasteiger partial charge in [-0.25, -0.2) is 9.78 Å². The molecule has 3 aromatic rings. The maximum atomic E-state index is 13.0. The highest BCUT2D eigenvalue weighted by atomic mass is 35.5. The number of hydrogen-bond acceptors (Lipinski definition) is 4. The minimum atomic E-state index is -0.444. The van der Waals surface area contributed by atoms with Gasteiger partial charge >= 0.3 is 5.97 Å². The first-order valence-corrected chi connectivity index (χ1v) is 11.3. The van der Waals surface area contributed by atoms with Crippen molar-refractivity contribution in [3.63, 3.8) is 0 Å². The minimum Gasteiger partial charge on any atom is -0.461 e. The van der Waals surface area contributed by atoms with E-state index in [0.29, 0.717) is 21.4 Å². The van der Waals surface area contributed by atoms with Gasteiger partial charge in [-0.3, -0.25) is 4.57 Å². The fourth-order valence-electron chi connectivity index (χ4n) is 4.09. The molecule has 7 heteroatoms. The molecule has 162 valence electrons. The number of nitrogens with one attached hydrogen (secondary N) is 1. The molecule has 5 nitrogen and oxygen atoms in total. The van der Waals surface area contributed by atoms with E-state index in [-0.39, 0.29) is 12.5 Å². The van der Waals surface area contributed by atoms with Crippen molar-refractivity contribution >= 4 is 29.2 Å². The molecule has 1 N–H and O–H groups in total. The molecule has 1 aliphatic rings. The predicted molar refractivity (Wildman–Crippen MR) is 125 cm³/mol. The van der Waals surface area contributed by atoms with Crippen LogP contribution in [0, 0.1) is 6.92 Å². The first kappa shape index (κ1) is 21.9. The van der Waals surface area contributed by atoms with E-state index in [2.05, 4.69) is 9.88 Å². The number of aryl methyl sites for hydroxylation is 1. The quantitative estimate of drug-likeness (QED) is 0.491. The van der Waals surface area contributed by atoms with Gasteiger partial charge in [0, 0.05) is 28.1 Å². The highest BCUT2D eigenvalue weighted by molar-refractivity contribution is 6.31. The summed E-state index contributed by atoms with van der Waals surface area (Å²) in [5.41, 5.74) is 3.70. The molecule has 1 atom stereocenters. The number of hydrogen-bond donors (Lipinski definition) is 1. The Morgan fingerprint density at radius 2 is 2.03 bits per heavy atom. The van der Waals surface area contributed by atoms with Gasteiger partial charge in [0.1, 0.15) is 5.82 Å². The van der Waals surface area contributed by atoms with Crippen molar-refractivity contribution in [1.29, 1.82) is 0 Å². The number of imidazole rings is 1. The van der Waals surface area contributed by atoms with Crippen LogP contribution in [0.2, 0.25) is 10.0 Å². The summed E-state index contributed by atoms with van der Waals surface area (Å²) in [4.78, 5) is 17.9. The van der Waals surface area contributed by atoms with E-state index < -0.39 is 5.97 Å². The number of carbonyl (C=O) groups is 1. The molecule has 2 aromatic carbocycles. The van der Waals surface area contributed by atoms with E-state index in [9.17, 15) is 4.79 Å². The van der Waals surface area contributed by atoms with Crippen molar-refractivity contribution < 1.29 is 9.53 Å². The molecule has 31 heavy (non-hydrogen) atoms. The van der Waals surface area contributed by atoms with Crippen LogP contribution in [0.15, 0.2) is 42.5 Å². The lowest BCUT2D eigenvalue weighted by atomic mass is 9.98. The molecule has 1 unspecified atom stereocenters. The summed E-state index contributed by atoms with van der Waals surface area (Å²) in [5, 5.41) is 4.66. The lowest BCUT2D eigenvalue weighted by Crippen LogP contribution is -2.30. The molecule has 0 radical (unpaired) electrons. The molecule has 1 aliphatic heterocycles. The molecule has 2 heterocycles. The Hall–Kier alpha value is -2.34. The van der Waals surface area contributed by atoms with Gasteiger partial charge in [0.15, 0.2) is 5.69 Å². The van der Waals surface area contributed by atoms with Gasteiger partial charge in [0.05, 0.1) is 18.0 Å². The molecule has 0 amide bonds. The Labute approximate surface area is 192 Å². The molecule has 1 fully saturated rings. The van der Waals surface area contributed by atoms with Crippen LogP contribution in [-0.2, 0) is 4.74 Å². The van der Waals surface area contributed by atoms with Crippen molar-refractivity contribution in [3.05, 3.63) is 69.6 Å². The summed E-state index contributed by atoms with van der Waals surface area (Å²) in [7, 11) is 0. The second-order valence-electron chi connectivity index (χ2n) is 7.71. The summed E-state index contributed by atoms with van der Waals surface area (Å²) < 4.78 is 7.44. The van der Waals surface area contributed by atoms with Crippen molar-refractivity contribution in [2.75, 3.05) is 19.7 Å². The SMILES string of the molecule is CCOC(=O)c1nc(C2CCCNC2)n(-c2cc(Cl)ccc2C)c1-c1cccc(Cl)c1. The molecule has 0 bridgehead atoms. The van der Waals surface area contributed by atoms with E-state index in [4.69, 9.17) is 32.9 Å². The molecule has 0 aliphatic carbocycles. The second kappa shape index (κ2) is 9.43. The van der Waals surface area contributed by atoms with E-state index in [0.717, 1.165) is 48.6 Å². The van der Waals surface area contributed by atoms with Crippen LogP contribution >= 0.6 is 23.2 Å². The number of carbonyl (C=O) groups excluding carboxylic acids is 1. The van der Waals surface area contributed by atoms with Crippen molar-refractivity contribution in [2.24, 2.45) is 0 Å². The number of esters is 1. The normalized spacial score (nSPS) is 16.3. The van der Waals surface area contributed by atoms with Crippen LogP contribution in [0.1, 0.15) is 47.6 Å². The maximum absolute atomic E-state index is 13.0. The summed E-state index contributed by atoms with van der Waals surface area (Å²) >= 11 is 12.7. The van der Waals surface area contributed by atoms with Gasteiger partial charge in [-0.15, -0.1) is 0 Å². The standard InChI is InChI=1S/C24H25Cl2N3O2/c1-3-31-24(30)21-22(16-6-4-8-18(25)12-16)29(20-13-19(26)10-9-15(20)2)23(28-21)17-7-5-11-27-14-17/h4,6,8-10,12-13,17,27H,3,5,7,11,14H2,1-2H3. The smallest absolute Gasteiger partial charge is 0.359 e. The number of piperidine rings is 1. The van der Waals surface area contributed by atoms with Gasteiger partial charge in [-0.2, -0.15) is 0 Å². The van der Waals surface area contributed by atoms with Crippen molar-refractivity contribution in [3.8, 4) is 16.9 Å². The Morgan fingerprint density at radius 1 is 1.23 bits per heavy atom. The highest BCUT2D eigenvalue weighted by Gasteiger charge is 2.30. The average Bonchev–Trinajstić information content (AvgIpc) is 3.17. The third-order valence-electron chi connectivity index (χ3n) is 5.54. The lowest BCUT2D eigenvalue weighted by Gasteiger charge is -2.24. The Balaban J connectivity index is 2.04. The van der Waals surface area contributed by atoms with Gasteiger partial charge in [-0.05, 0) is 63.1 Å². The summed E-state index contributed by atoms with van der Waals surface area (Å²) in [5.74, 6) is 0.546. The summed E-state index contributed by atoms with van der Waals surface area (Å²) in [6.07, 6.45) is 2.04. The summed E-state index contributed by atoms with van der Waals surface area (Å²) in [6.45, 7) is 5.88. The van der Waals surface area contributed by atoms with Gasteiger partial charge in [0.25, 0.3) is 0 Å². The number of benzene rings is 2. The molecule has 1 aromatic heterocycles. The first-order valence-electron chi connectivity index (χ1n) is 10.5. The molecular formula is C24H25Cl2N3O2. The van der Waals surface area contributed by atoms with Gasteiger partial charge in [0.2, 0.25) is 0 Å². The fourth-order valence-corrected chi connectivity index (χ4v) is 4.45. The van der Waals surface area contributed by atoms with E-state index in [1.54, 1.807) is 6.92 Å². The number of rotatable bonds is 5. The van der Waals surface area contributed by atoms with E-state index >= 15 is 0 Å². The monoisotopic (exact) mass is 457 g/mol. The number of aromatic nitrogens is 2. The third kappa shape index (κ3) is 4.49. The lowest BCUT2D eigenvalue weighted by molar-refractivity contribution is 0.0521. The Morgan fingerprint density at radius 3 is 2.74 bits per heavy atom. The van der Waals surface area contributed by atoms with Gasteiger partial charge < -0.3 is 10.1 Å². The number of nitrogens with zero attached hydrogens (tertiary/aromatic N) is 2. The van der Waals surface area contributed by atoms with Gasteiger partial charge in [-0.1, -0.05) is 41.4 Å². The molecule has 0 spiro atoms. The van der Waals surface area contributed by atoms with Crippen LogP contribution in [0.5, 0.6) is 0 Å². The molecule has 1 saturated heterocycles. The number of ether oxygens (including phenoxy) is 1. The van der Waals surface area contributed by atoms with Crippen LogP contribution in [0.3, 0.4) is 0 Å². The average molecular weight is 458 g/mol. The predicted octanol–water partition coefficient (Wildman–Crippen LogP) is 5.80. The zero-order chi connectivity index (χ0) is 22.0. The van der Waals surface area contributed by atoms with Crippen LogP contribution in [0.4, 0.5) is 0 Å². The molecule has 4 rings (SSSR count). The first-order chi connectivity index (χ1) is 15.0. The topological polar surface area (TPSA) is 56.1 Å². The van der Waals surface area contributed by atoms with Crippen molar-refractivity contribution in [2.45, 2.75) is 32.6 Å². The third-order valence-corrected chi connectivity index (χ3v) is 6.01. The summed E-state index contributed by atoms with van der Waals surface area (Å²) in [6, 6.07) is 13.2. The van der Waals surface area contributed by atoms with Crippen LogP contribution in [0.25, 0.3) is 16.9 Å². The molecular weight excluding hydrogens is 433 g/mol. The van der Waals surface area contributed by atoms with E-state index in [1.807, 2.05) is 49.4 Å². The number of halogens is 2. The Kier molecular flexibility index (Phi) is 6.65. The van der Waals surface area contributed by atoms with Crippen LogP contribution in [-0.4, -0.2) is 35.2 Å². The zero-order valence-electron chi connectivity index (χ0n) is 17.6. The second-order valence-corrected chi connectivity index (χ2v) is 8.58. The van der Waals surface area contributed by atoms with Crippen LogP contribution < -0.4 is 5.32 Å². The highest BCUT2D eigenvalue weighted by Crippen LogP contribution is 2.36. The fraction of sp³-hybridized carbons (Fsp3) is 0.333. The minimum absolute atomic E-state index is 0.160. The Bertz CT molecular complexity index is 1100. The van der Waals surface area contributed by atoms with E-state index in [1.165, 1.54) is 0 Å². The zero-order valence-corrected chi connectivity index (χ0v) is 19.1. The molecule has 0 saturated carbocycles. The van der Waals surface area contributed by atoms with Crippen molar-refractivity contribution in [1.82, 2.24) is 14.9 Å². The largest absolute Gasteiger partial charge is 0.461 e. The maximum Gasteiger partial charge on any atom is 0.359 e.